The Morgan fingerprint density at radius 1 is 1.29 bits per heavy atom. The number of alkyl halides is 3. The predicted octanol–water partition coefficient (Wildman–Crippen LogP) is 4.42. The minimum Gasteiger partial charge on any atom is -0.338 e. The van der Waals surface area contributed by atoms with E-state index in [4.69, 9.17) is 16.1 Å². The van der Waals surface area contributed by atoms with Gasteiger partial charge in [-0.2, -0.15) is 13.2 Å². The fourth-order valence-corrected chi connectivity index (χ4v) is 3.13. The number of rotatable bonds is 4. The summed E-state index contributed by atoms with van der Waals surface area (Å²) in [5.74, 6) is -0.374. The maximum atomic E-state index is 13.0. The van der Waals surface area contributed by atoms with Crippen LogP contribution in [0.2, 0.25) is 5.02 Å². The molecule has 1 amide bonds. The second-order valence-corrected chi connectivity index (χ2v) is 8.26. The molecule has 0 radical (unpaired) electrons. The van der Waals surface area contributed by atoms with Gasteiger partial charge in [-0.25, -0.2) is 0 Å². The van der Waals surface area contributed by atoms with Gasteiger partial charge in [0.05, 0.1) is 22.0 Å². The van der Waals surface area contributed by atoms with E-state index in [1.807, 2.05) is 20.8 Å². The van der Waals surface area contributed by atoms with Crippen LogP contribution in [0.3, 0.4) is 0 Å². The Labute approximate surface area is 166 Å². The molecule has 3 aromatic rings. The molecule has 0 saturated heterocycles. The Kier molecular flexibility index (Phi) is 5.32. The van der Waals surface area contributed by atoms with Gasteiger partial charge < -0.3 is 4.52 Å². The number of amides is 1. The van der Waals surface area contributed by atoms with E-state index in [0.29, 0.717) is 5.69 Å². The summed E-state index contributed by atoms with van der Waals surface area (Å²) in [7, 11) is 0. The molecule has 0 aliphatic heterocycles. The van der Waals surface area contributed by atoms with Crippen LogP contribution in [0.25, 0.3) is 5.65 Å². The SMILES string of the molecule is CC(C)(C)c1cc(NC(=O)CSc2nnc3c(Cl)cc(C(F)(F)F)cn23)on1. The lowest BCUT2D eigenvalue weighted by molar-refractivity contribution is -0.137. The van der Waals surface area contributed by atoms with Crippen molar-refractivity contribution in [3.63, 3.8) is 0 Å². The van der Waals surface area contributed by atoms with Gasteiger partial charge in [0.1, 0.15) is 0 Å². The summed E-state index contributed by atoms with van der Waals surface area (Å²) in [6.45, 7) is 5.84. The average molecular weight is 434 g/mol. The summed E-state index contributed by atoms with van der Waals surface area (Å²) in [5, 5.41) is 13.9. The summed E-state index contributed by atoms with van der Waals surface area (Å²) in [6, 6.07) is 2.40. The van der Waals surface area contributed by atoms with Crippen molar-refractivity contribution in [2.24, 2.45) is 0 Å². The van der Waals surface area contributed by atoms with E-state index >= 15 is 0 Å². The Morgan fingerprint density at radius 3 is 2.61 bits per heavy atom. The van der Waals surface area contributed by atoms with Crippen LogP contribution in [0.1, 0.15) is 32.0 Å². The lowest BCUT2D eigenvalue weighted by Crippen LogP contribution is -2.14. The summed E-state index contributed by atoms with van der Waals surface area (Å²) in [4.78, 5) is 12.1. The van der Waals surface area contributed by atoms with Crippen LogP contribution >= 0.6 is 23.4 Å². The van der Waals surface area contributed by atoms with Crippen molar-refractivity contribution in [1.82, 2.24) is 19.8 Å². The first-order valence-electron chi connectivity index (χ1n) is 7.96. The molecule has 0 fully saturated rings. The smallest absolute Gasteiger partial charge is 0.338 e. The third-order valence-electron chi connectivity index (χ3n) is 3.63. The van der Waals surface area contributed by atoms with E-state index in [2.05, 4.69) is 20.7 Å². The lowest BCUT2D eigenvalue weighted by atomic mass is 9.92. The first-order chi connectivity index (χ1) is 12.9. The monoisotopic (exact) mass is 433 g/mol. The molecule has 0 atom stereocenters. The summed E-state index contributed by atoms with van der Waals surface area (Å²) in [5.41, 5.74) is -0.430. The molecule has 12 heteroatoms. The highest BCUT2D eigenvalue weighted by Gasteiger charge is 2.32. The van der Waals surface area contributed by atoms with Gasteiger partial charge in [0.15, 0.2) is 10.8 Å². The molecule has 7 nitrogen and oxygen atoms in total. The molecule has 0 saturated carbocycles. The van der Waals surface area contributed by atoms with Crippen molar-refractivity contribution < 1.29 is 22.5 Å². The number of fused-ring (bicyclic) bond motifs is 1. The minimum atomic E-state index is -4.57. The molecule has 28 heavy (non-hydrogen) atoms. The van der Waals surface area contributed by atoms with Crippen LogP contribution in [0.4, 0.5) is 19.1 Å². The number of pyridine rings is 1. The van der Waals surface area contributed by atoms with E-state index in [-0.39, 0.29) is 32.9 Å². The van der Waals surface area contributed by atoms with Gasteiger partial charge in [0, 0.05) is 17.7 Å². The third-order valence-corrected chi connectivity index (χ3v) is 4.85. The van der Waals surface area contributed by atoms with E-state index < -0.39 is 17.6 Å². The molecule has 150 valence electrons. The van der Waals surface area contributed by atoms with Gasteiger partial charge in [-0.3, -0.25) is 14.5 Å². The standard InChI is InChI=1S/C16H15ClF3N5O2S/c1-15(2,3)10-5-12(27-24-10)21-11(26)7-28-14-23-22-13-9(17)4-8(6-25(13)14)16(18,19)20/h4-6H,7H2,1-3H3,(H,21,26). The molecular weight excluding hydrogens is 419 g/mol. The first kappa shape index (κ1) is 20.5. The quantitative estimate of drug-likeness (QED) is 0.613. The Hall–Kier alpha value is -2.27. The zero-order valence-corrected chi connectivity index (χ0v) is 16.5. The molecule has 0 aliphatic carbocycles. The van der Waals surface area contributed by atoms with Crippen LogP contribution in [0.15, 0.2) is 28.0 Å². The molecular formula is C16H15ClF3N5O2S. The predicted molar refractivity (Wildman–Crippen MR) is 97.6 cm³/mol. The van der Waals surface area contributed by atoms with Gasteiger partial charge in [-0.1, -0.05) is 49.3 Å². The normalized spacial score (nSPS) is 12.5. The van der Waals surface area contributed by atoms with Crippen LogP contribution in [-0.2, 0) is 16.4 Å². The van der Waals surface area contributed by atoms with Crippen molar-refractivity contribution >= 4 is 40.8 Å². The summed E-state index contributed by atoms with van der Waals surface area (Å²) >= 11 is 6.77. The molecule has 0 bridgehead atoms. The third kappa shape index (κ3) is 4.41. The number of carbonyl (C=O) groups excluding carboxylic acids is 1. The highest BCUT2D eigenvalue weighted by atomic mass is 35.5. The molecule has 0 aromatic carbocycles. The number of carbonyl (C=O) groups is 1. The van der Waals surface area contributed by atoms with Gasteiger partial charge in [0.25, 0.3) is 0 Å². The van der Waals surface area contributed by atoms with Gasteiger partial charge in [0.2, 0.25) is 11.8 Å². The largest absolute Gasteiger partial charge is 0.417 e. The topological polar surface area (TPSA) is 85.3 Å². The summed E-state index contributed by atoms with van der Waals surface area (Å²) < 4.78 is 45.1. The highest BCUT2D eigenvalue weighted by Crippen LogP contribution is 2.33. The number of nitrogens with zero attached hydrogens (tertiary/aromatic N) is 4. The van der Waals surface area contributed by atoms with E-state index in [9.17, 15) is 18.0 Å². The second-order valence-electron chi connectivity index (χ2n) is 6.91. The van der Waals surface area contributed by atoms with Crippen molar-refractivity contribution in [3.8, 4) is 0 Å². The van der Waals surface area contributed by atoms with Crippen LogP contribution < -0.4 is 5.32 Å². The first-order valence-corrected chi connectivity index (χ1v) is 9.33. The van der Waals surface area contributed by atoms with E-state index in [1.54, 1.807) is 6.07 Å². The van der Waals surface area contributed by atoms with Gasteiger partial charge in [-0.15, -0.1) is 10.2 Å². The second kappa shape index (κ2) is 7.28. The molecule has 3 rings (SSSR count). The molecule has 0 aliphatic rings. The number of hydrogen-bond acceptors (Lipinski definition) is 6. The van der Waals surface area contributed by atoms with Crippen molar-refractivity contribution in [2.75, 3.05) is 11.1 Å². The zero-order valence-electron chi connectivity index (χ0n) is 15.0. The lowest BCUT2D eigenvalue weighted by Gasteiger charge is -2.12. The van der Waals surface area contributed by atoms with Crippen molar-refractivity contribution in [1.29, 1.82) is 0 Å². The molecule has 1 N–H and O–H groups in total. The maximum Gasteiger partial charge on any atom is 0.417 e. The molecule has 3 aromatic heterocycles. The Balaban J connectivity index is 1.72. The number of aromatic nitrogens is 4. The molecule has 3 heterocycles. The maximum absolute atomic E-state index is 13.0. The number of hydrogen-bond donors (Lipinski definition) is 1. The molecule has 0 unspecified atom stereocenters. The van der Waals surface area contributed by atoms with Crippen LogP contribution in [0.5, 0.6) is 0 Å². The van der Waals surface area contributed by atoms with Crippen LogP contribution in [-0.4, -0.2) is 31.4 Å². The number of anilines is 1. The Morgan fingerprint density at radius 2 is 2.00 bits per heavy atom. The van der Waals surface area contributed by atoms with E-state index in [1.165, 1.54) is 0 Å². The number of thioether (sulfide) groups is 1. The fraction of sp³-hybridized carbons (Fsp3) is 0.375. The average Bonchev–Trinajstić information content (AvgIpc) is 3.19. The van der Waals surface area contributed by atoms with Gasteiger partial charge >= 0.3 is 6.18 Å². The number of nitrogens with one attached hydrogen (secondary N) is 1. The molecule has 0 spiro atoms. The fourth-order valence-electron chi connectivity index (χ4n) is 2.18. The minimum absolute atomic E-state index is 0.0719. The highest BCUT2D eigenvalue weighted by molar-refractivity contribution is 7.99. The zero-order chi connectivity index (χ0) is 20.7. The Bertz CT molecular complexity index is 1030. The van der Waals surface area contributed by atoms with E-state index in [0.717, 1.165) is 28.4 Å². The number of halogens is 4. The summed E-state index contributed by atoms with van der Waals surface area (Å²) in [6.07, 6.45) is -3.73. The van der Waals surface area contributed by atoms with Crippen molar-refractivity contribution in [2.45, 2.75) is 37.5 Å². The van der Waals surface area contributed by atoms with Gasteiger partial charge in [-0.05, 0) is 6.07 Å². The van der Waals surface area contributed by atoms with Crippen molar-refractivity contribution in [3.05, 3.63) is 34.6 Å². The van der Waals surface area contributed by atoms with Crippen LogP contribution in [0, 0.1) is 0 Å².